The van der Waals surface area contributed by atoms with Crippen LogP contribution in [0.2, 0.25) is 0 Å². The highest BCUT2D eigenvalue weighted by molar-refractivity contribution is 7.90. The van der Waals surface area contributed by atoms with Crippen molar-refractivity contribution in [2.75, 3.05) is 37.3 Å². The minimum atomic E-state index is -3.37. The number of hydrogen-bond donors (Lipinski definition) is 0. The number of rotatable bonds is 4. The van der Waals surface area contributed by atoms with E-state index in [1.165, 1.54) is 29.7 Å². The lowest BCUT2D eigenvalue weighted by atomic mass is 10.1. The van der Waals surface area contributed by atoms with Crippen molar-refractivity contribution < 1.29 is 18.0 Å². The Morgan fingerprint density at radius 1 is 1.15 bits per heavy atom. The van der Waals surface area contributed by atoms with Crippen LogP contribution >= 0.6 is 11.3 Å². The van der Waals surface area contributed by atoms with Crippen LogP contribution < -0.4 is 4.90 Å². The standard InChI is InChI=1S/C17H19N3O4S2/c1-12(21)19-6-8-20(9-7-19)17-18-11-15(25-17)16(22)13-4-3-5-14(10-13)26(2,23)24/h3-5,10-11H,6-9H2,1-2H3. The molecule has 1 aliphatic rings. The van der Waals surface area contributed by atoms with Crippen LogP contribution in [0.1, 0.15) is 22.2 Å². The number of piperazine rings is 1. The van der Waals surface area contributed by atoms with Gasteiger partial charge in [0.25, 0.3) is 0 Å². The summed E-state index contributed by atoms with van der Waals surface area (Å²) in [6, 6.07) is 6.02. The van der Waals surface area contributed by atoms with Crippen LogP contribution in [0.15, 0.2) is 35.4 Å². The Bertz CT molecular complexity index is 944. The Morgan fingerprint density at radius 3 is 2.46 bits per heavy atom. The first-order valence-electron chi connectivity index (χ1n) is 8.07. The van der Waals surface area contributed by atoms with Crippen molar-refractivity contribution in [1.82, 2.24) is 9.88 Å². The molecule has 0 N–H and O–H groups in total. The SMILES string of the molecule is CC(=O)N1CCN(c2ncc(C(=O)c3cccc(S(C)(=O)=O)c3)s2)CC1. The number of benzene rings is 1. The fraction of sp³-hybridized carbons (Fsp3) is 0.353. The third kappa shape index (κ3) is 3.94. The molecule has 7 nitrogen and oxygen atoms in total. The highest BCUT2D eigenvalue weighted by Crippen LogP contribution is 2.26. The molecule has 1 aromatic carbocycles. The van der Waals surface area contributed by atoms with E-state index in [0.717, 1.165) is 11.4 Å². The Morgan fingerprint density at radius 2 is 1.85 bits per heavy atom. The first-order valence-corrected chi connectivity index (χ1v) is 10.8. The lowest BCUT2D eigenvalue weighted by Crippen LogP contribution is -2.48. The second kappa shape index (κ2) is 7.16. The minimum Gasteiger partial charge on any atom is -0.345 e. The van der Waals surface area contributed by atoms with E-state index in [-0.39, 0.29) is 16.6 Å². The average Bonchev–Trinajstić information content (AvgIpc) is 3.10. The van der Waals surface area contributed by atoms with Gasteiger partial charge in [-0.3, -0.25) is 9.59 Å². The zero-order chi connectivity index (χ0) is 18.9. The fourth-order valence-electron chi connectivity index (χ4n) is 2.74. The van der Waals surface area contributed by atoms with E-state index < -0.39 is 9.84 Å². The van der Waals surface area contributed by atoms with Crippen LogP contribution in [-0.4, -0.2) is 62.4 Å². The number of nitrogens with zero attached hydrogens (tertiary/aromatic N) is 3. The lowest BCUT2D eigenvalue weighted by Gasteiger charge is -2.33. The number of aromatic nitrogens is 1. The van der Waals surface area contributed by atoms with Crippen molar-refractivity contribution in [2.24, 2.45) is 0 Å². The molecule has 0 bridgehead atoms. The van der Waals surface area contributed by atoms with Crippen LogP contribution in [0.25, 0.3) is 0 Å². The summed E-state index contributed by atoms with van der Waals surface area (Å²) in [6.45, 7) is 4.16. The van der Waals surface area contributed by atoms with Gasteiger partial charge < -0.3 is 9.80 Å². The van der Waals surface area contributed by atoms with Crippen LogP contribution in [-0.2, 0) is 14.6 Å². The molecule has 1 aliphatic heterocycles. The largest absolute Gasteiger partial charge is 0.345 e. The maximum absolute atomic E-state index is 12.7. The van der Waals surface area contributed by atoms with Crippen molar-refractivity contribution in [1.29, 1.82) is 0 Å². The van der Waals surface area contributed by atoms with Gasteiger partial charge in [-0.1, -0.05) is 23.5 Å². The van der Waals surface area contributed by atoms with Crippen LogP contribution in [0.3, 0.4) is 0 Å². The third-order valence-electron chi connectivity index (χ3n) is 4.24. The molecule has 3 rings (SSSR count). The molecule has 1 fully saturated rings. The Balaban J connectivity index is 1.76. The minimum absolute atomic E-state index is 0.0606. The normalized spacial score (nSPS) is 15.2. The van der Waals surface area contributed by atoms with Gasteiger partial charge >= 0.3 is 0 Å². The summed E-state index contributed by atoms with van der Waals surface area (Å²) in [5.41, 5.74) is 0.324. The average molecular weight is 393 g/mol. The number of amides is 1. The van der Waals surface area contributed by atoms with Gasteiger partial charge in [0, 0.05) is 44.9 Å². The van der Waals surface area contributed by atoms with Crippen molar-refractivity contribution in [2.45, 2.75) is 11.8 Å². The summed E-state index contributed by atoms with van der Waals surface area (Å²) in [5.74, 6) is -0.188. The summed E-state index contributed by atoms with van der Waals surface area (Å²) in [4.78, 5) is 32.8. The summed E-state index contributed by atoms with van der Waals surface area (Å²) >= 11 is 1.28. The van der Waals surface area contributed by atoms with E-state index in [2.05, 4.69) is 4.98 Å². The Labute approximate surface area is 156 Å². The van der Waals surface area contributed by atoms with Crippen molar-refractivity contribution in [3.05, 3.63) is 40.9 Å². The highest BCUT2D eigenvalue weighted by atomic mass is 32.2. The van der Waals surface area contributed by atoms with Gasteiger partial charge in [-0.15, -0.1) is 0 Å². The number of anilines is 1. The van der Waals surface area contributed by atoms with E-state index in [1.807, 2.05) is 4.90 Å². The molecule has 0 spiro atoms. The topological polar surface area (TPSA) is 87.7 Å². The van der Waals surface area contributed by atoms with Crippen molar-refractivity contribution in [3.8, 4) is 0 Å². The molecule has 1 saturated heterocycles. The monoisotopic (exact) mass is 393 g/mol. The second-order valence-corrected chi connectivity index (χ2v) is 9.15. The molecule has 0 saturated carbocycles. The van der Waals surface area contributed by atoms with Gasteiger partial charge in [0.05, 0.1) is 16.0 Å². The molecule has 1 aromatic heterocycles. The summed E-state index contributed by atoms with van der Waals surface area (Å²) in [5, 5.41) is 0.732. The van der Waals surface area contributed by atoms with Gasteiger partial charge in [-0.05, 0) is 12.1 Å². The molecule has 0 radical (unpaired) electrons. The van der Waals surface area contributed by atoms with Gasteiger partial charge in [-0.25, -0.2) is 13.4 Å². The van der Waals surface area contributed by atoms with Gasteiger partial charge in [0.15, 0.2) is 15.0 Å². The molecule has 9 heteroatoms. The summed E-state index contributed by atoms with van der Waals surface area (Å²) in [6.07, 6.45) is 2.63. The molecule has 2 aromatic rings. The summed E-state index contributed by atoms with van der Waals surface area (Å²) in [7, 11) is -3.37. The molecular formula is C17H19N3O4S2. The third-order valence-corrected chi connectivity index (χ3v) is 6.40. The number of ketones is 1. The van der Waals surface area contributed by atoms with Crippen LogP contribution in [0, 0.1) is 0 Å². The maximum atomic E-state index is 12.7. The van der Waals surface area contributed by atoms with Gasteiger partial charge in [0.2, 0.25) is 11.7 Å². The van der Waals surface area contributed by atoms with Crippen LogP contribution in [0.4, 0.5) is 5.13 Å². The zero-order valence-corrected chi connectivity index (χ0v) is 16.1. The predicted molar refractivity (Wildman–Crippen MR) is 99.6 cm³/mol. The molecule has 0 unspecified atom stereocenters. The molecule has 0 aliphatic carbocycles. The lowest BCUT2D eigenvalue weighted by molar-refractivity contribution is -0.129. The number of sulfone groups is 1. The Kier molecular flexibility index (Phi) is 5.10. The van der Waals surface area contributed by atoms with E-state index in [1.54, 1.807) is 24.0 Å². The van der Waals surface area contributed by atoms with Crippen LogP contribution in [0.5, 0.6) is 0 Å². The molecule has 138 valence electrons. The Hall–Kier alpha value is -2.26. The molecule has 1 amide bonds. The van der Waals surface area contributed by atoms with E-state index >= 15 is 0 Å². The van der Waals surface area contributed by atoms with Crippen molar-refractivity contribution in [3.63, 3.8) is 0 Å². The smallest absolute Gasteiger partial charge is 0.219 e. The number of hydrogen-bond acceptors (Lipinski definition) is 7. The maximum Gasteiger partial charge on any atom is 0.219 e. The first kappa shape index (κ1) is 18.5. The molecule has 26 heavy (non-hydrogen) atoms. The highest BCUT2D eigenvalue weighted by Gasteiger charge is 2.22. The van der Waals surface area contributed by atoms with E-state index in [4.69, 9.17) is 0 Å². The quantitative estimate of drug-likeness (QED) is 0.731. The fourth-order valence-corrected chi connectivity index (χ4v) is 4.34. The first-order chi connectivity index (χ1) is 12.3. The molecule has 2 heterocycles. The summed E-state index contributed by atoms with van der Waals surface area (Å²) < 4.78 is 23.3. The second-order valence-electron chi connectivity index (χ2n) is 6.13. The van der Waals surface area contributed by atoms with Gasteiger partial charge in [-0.2, -0.15) is 0 Å². The predicted octanol–water partition coefficient (Wildman–Crippen LogP) is 1.45. The number of carbonyl (C=O) groups excluding carboxylic acids is 2. The zero-order valence-electron chi connectivity index (χ0n) is 14.5. The van der Waals surface area contributed by atoms with Gasteiger partial charge in [0.1, 0.15) is 0 Å². The van der Waals surface area contributed by atoms with E-state index in [9.17, 15) is 18.0 Å². The van der Waals surface area contributed by atoms with E-state index in [0.29, 0.717) is 36.6 Å². The molecular weight excluding hydrogens is 374 g/mol. The number of thiazole rings is 1. The van der Waals surface area contributed by atoms with Crippen molar-refractivity contribution >= 4 is 38.0 Å². The number of carbonyl (C=O) groups is 2. The molecule has 0 atom stereocenters.